The fourth-order valence-electron chi connectivity index (χ4n) is 4.00. The monoisotopic (exact) mass is 687 g/mol. The average Bonchev–Trinajstić information content (AvgIpc) is 2.91. The molecule has 7 nitrogen and oxygen atoms in total. The van der Waals surface area contributed by atoms with E-state index in [0.29, 0.717) is 13.0 Å². The van der Waals surface area contributed by atoms with Crippen LogP contribution in [0.5, 0.6) is 0 Å². The highest BCUT2D eigenvalue weighted by Crippen LogP contribution is 2.35. The fourth-order valence-corrected chi connectivity index (χ4v) is 5.82. The number of benzene rings is 3. The normalized spacial score (nSPS) is 12.1. The lowest BCUT2D eigenvalue weighted by atomic mass is 10.0. The van der Waals surface area contributed by atoms with E-state index in [0.717, 1.165) is 26.2 Å². The van der Waals surface area contributed by atoms with Crippen LogP contribution in [0.1, 0.15) is 24.5 Å². The second-order valence-electron chi connectivity index (χ2n) is 9.13. The van der Waals surface area contributed by atoms with Crippen molar-refractivity contribution in [1.82, 2.24) is 10.2 Å². The third kappa shape index (κ3) is 8.85. The Morgan fingerprint density at radius 2 is 1.55 bits per heavy atom. The molecule has 0 heterocycles. The third-order valence-corrected chi connectivity index (χ3v) is 8.70. The van der Waals surface area contributed by atoms with Gasteiger partial charge in [0.05, 0.1) is 27.0 Å². The summed E-state index contributed by atoms with van der Waals surface area (Å²) in [5.41, 5.74) is 1.61. The Labute approximate surface area is 258 Å². The molecular weight excluding hydrogens is 661 g/mol. The van der Waals surface area contributed by atoms with Gasteiger partial charge in [0.25, 0.3) is 0 Å². The fraction of sp³-hybridized carbons (Fsp3) is 0.286. The third-order valence-electron chi connectivity index (χ3n) is 6.02. The summed E-state index contributed by atoms with van der Waals surface area (Å²) in [6.45, 7) is 1.82. The average molecular weight is 690 g/mol. The van der Waals surface area contributed by atoms with Crippen molar-refractivity contribution in [2.45, 2.75) is 32.4 Å². The van der Waals surface area contributed by atoms with Crippen LogP contribution in [0.2, 0.25) is 15.1 Å². The van der Waals surface area contributed by atoms with Crippen LogP contribution >= 0.6 is 50.7 Å². The zero-order chi connectivity index (χ0) is 29.4. The second-order valence-corrected chi connectivity index (χ2v) is 13.2. The molecule has 0 aliphatic carbocycles. The molecule has 2 amide bonds. The Bertz CT molecular complexity index is 1440. The maximum Gasteiger partial charge on any atom is 0.244 e. The van der Waals surface area contributed by atoms with E-state index in [-0.39, 0.29) is 39.6 Å². The zero-order valence-electron chi connectivity index (χ0n) is 21.9. The summed E-state index contributed by atoms with van der Waals surface area (Å²) in [4.78, 5) is 28.9. The molecule has 3 aromatic rings. The summed E-state index contributed by atoms with van der Waals surface area (Å²) in [5, 5.41) is 3.12. The van der Waals surface area contributed by atoms with Gasteiger partial charge >= 0.3 is 0 Å². The largest absolute Gasteiger partial charge is 0.354 e. The lowest BCUT2D eigenvalue weighted by Gasteiger charge is -2.33. The number of rotatable bonds is 12. The minimum atomic E-state index is -4.00. The number of hydrogen-bond donors (Lipinski definition) is 1. The van der Waals surface area contributed by atoms with E-state index in [2.05, 4.69) is 21.2 Å². The van der Waals surface area contributed by atoms with E-state index < -0.39 is 28.5 Å². The van der Waals surface area contributed by atoms with Gasteiger partial charge in [-0.2, -0.15) is 0 Å². The molecule has 0 spiro atoms. The molecule has 0 saturated carbocycles. The number of sulfonamides is 1. The topological polar surface area (TPSA) is 86.8 Å². The Balaban J connectivity index is 2.07. The molecule has 3 aromatic carbocycles. The zero-order valence-corrected chi connectivity index (χ0v) is 26.6. The molecule has 0 fully saturated rings. The van der Waals surface area contributed by atoms with Gasteiger partial charge in [0.15, 0.2) is 0 Å². The van der Waals surface area contributed by atoms with Gasteiger partial charge in [-0.25, -0.2) is 8.42 Å². The van der Waals surface area contributed by atoms with Crippen molar-refractivity contribution in [2.24, 2.45) is 0 Å². The minimum absolute atomic E-state index is 0.00514. The van der Waals surface area contributed by atoms with Crippen LogP contribution in [0.15, 0.2) is 71.2 Å². The number of nitrogens with zero attached hydrogens (tertiary/aromatic N) is 2. The van der Waals surface area contributed by atoms with Crippen molar-refractivity contribution < 1.29 is 18.0 Å². The molecule has 40 heavy (non-hydrogen) atoms. The van der Waals surface area contributed by atoms with Crippen molar-refractivity contribution in [3.05, 3.63) is 97.4 Å². The Hall–Kier alpha value is -2.30. The highest BCUT2D eigenvalue weighted by Gasteiger charge is 2.33. The molecule has 12 heteroatoms. The molecule has 0 unspecified atom stereocenters. The second kappa shape index (κ2) is 14.5. The first kappa shape index (κ1) is 32.2. The number of nitrogens with one attached hydrogen (secondary N) is 1. The highest BCUT2D eigenvalue weighted by molar-refractivity contribution is 9.10. The van der Waals surface area contributed by atoms with Gasteiger partial charge in [-0.3, -0.25) is 13.9 Å². The summed E-state index contributed by atoms with van der Waals surface area (Å²) in [6.07, 6.45) is 1.90. The molecule has 0 aromatic heterocycles. The minimum Gasteiger partial charge on any atom is -0.354 e. The maximum atomic E-state index is 14.0. The lowest BCUT2D eigenvalue weighted by Crippen LogP contribution is -2.53. The van der Waals surface area contributed by atoms with Crippen molar-refractivity contribution in [3.63, 3.8) is 0 Å². The number of halogens is 4. The number of anilines is 1. The van der Waals surface area contributed by atoms with Crippen LogP contribution in [0.3, 0.4) is 0 Å². The summed E-state index contributed by atoms with van der Waals surface area (Å²) < 4.78 is 27.5. The van der Waals surface area contributed by atoms with E-state index in [4.69, 9.17) is 34.8 Å². The van der Waals surface area contributed by atoms with Crippen LogP contribution in [0.25, 0.3) is 0 Å². The van der Waals surface area contributed by atoms with Gasteiger partial charge in [0, 0.05) is 24.0 Å². The molecule has 0 saturated heterocycles. The number of amides is 2. The van der Waals surface area contributed by atoms with E-state index in [1.807, 2.05) is 61.5 Å². The maximum absolute atomic E-state index is 14.0. The van der Waals surface area contributed by atoms with E-state index >= 15 is 0 Å². The van der Waals surface area contributed by atoms with Crippen molar-refractivity contribution in [2.75, 3.05) is 23.7 Å². The molecule has 1 atom stereocenters. The Morgan fingerprint density at radius 1 is 0.925 bits per heavy atom. The number of carbonyl (C=O) groups excluding carboxylic acids is 2. The van der Waals surface area contributed by atoms with Gasteiger partial charge < -0.3 is 10.2 Å². The van der Waals surface area contributed by atoms with Gasteiger partial charge in [-0.1, -0.05) is 100 Å². The first-order valence-electron chi connectivity index (χ1n) is 12.4. The Morgan fingerprint density at radius 3 is 2.15 bits per heavy atom. The quantitative estimate of drug-likeness (QED) is 0.225. The summed E-state index contributed by atoms with van der Waals surface area (Å²) in [5.74, 6) is -0.933. The van der Waals surface area contributed by atoms with E-state index in [1.54, 1.807) is 0 Å². The molecule has 214 valence electrons. The predicted molar refractivity (Wildman–Crippen MR) is 166 cm³/mol. The smallest absolute Gasteiger partial charge is 0.244 e. The van der Waals surface area contributed by atoms with Crippen molar-refractivity contribution >= 4 is 78.3 Å². The summed E-state index contributed by atoms with van der Waals surface area (Å²) >= 11 is 22.0. The van der Waals surface area contributed by atoms with Crippen LogP contribution in [-0.4, -0.2) is 50.5 Å². The summed E-state index contributed by atoms with van der Waals surface area (Å²) in [7, 11) is -4.00. The van der Waals surface area contributed by atoms with Crippen LogP contribution in [0.4, 0.5) is 5.69 Å². The molecule has 0 radical (unpaired) electrons. The van der Waals surface area contributed by atoms with E-state index in [9.17, 15) is 18.0 Å². The van der Waals surface area contributed by atoms with Crippen LogP contribution in [-0.2, 0) is 32.6 Å². The van der Waals surface area contributed by atoms with Crippen molar-refractivity contribution in [1.29, 1.82) is 0 Å². The van der Waals surface area contributed by atoms with Crippen molar-refractivity contribution in [3.8, 4) is 0 Å². The number of carbonyl (C=O) groups is 2. The molecule has 0 bridgehead atoms. The van der Waals surface area contributed by atoms with Gasteiger partial charge in [-0.15, -0.1) is 0 Å². The van der Waals surface area contributed by atoms with Crippen LogP contribution in [0, 0.1) is 0 Å². The van der Waals surface area contributed by atoms with Crippen LogP contribution < -0.4 is 9.62 Å². The first-order chi connectivity index (χ1) is 18.9. The Kier molecular flexibility index (Phi) is 11.7. The SMILES string of the molecule is CCCNC(=O)[C@@H](Cc1ccccc1)N(Cc1ccc(Br)cc1)C(=O)CN(c1cc(Cl)c(Cl)cc1Cl)S(C)(=O)=O. The number of hydrogen-bond acceptors (Lipinski definition) is 4. The molecule has 0 aliphatic rings. The molecule has 0 aliphatic heterocycles. The predicted octanol–water partition coefficient (Wildman–Crippen LogP) is 6.34. The highest BCUT2D eigenvalue weighted by atomic mass is 79.9. The van der Waals surface area contributed by atoms with Gasteiger partial charge in [0.1, 0.15) is 12.6 Å². The van der Waals surface area contributed by atoms with Gasteiger partial charge in [-0.05, 0) is 41.8 Å². The molecule has 3 rings (SSSR count). The van der Waals surface area contributed by atoms with E-state index in [1.165, 1.54) is 17.0 Å². The molecule has 1 N–H and O–H groups in total. The first-order valence-corrected chi connectivity index (χ1v) is 16.2. The summed E-state index contributed by atoms with van der Waals surface area (Å²) in [6, 6.07) is 18.4. The standard InChI is InChI=1S/C28H29BrCl3N3O4S/c1-3-13-33-28(37)26(14-19-7-5-4-6-8-19)34(17-20-9-11-21(29)12-10-20)27(36)18-35(40(2,38)39)25-16-23(31)22(30)15-24(25)32/h4-12,15-16,26H,3,13-14,17-18H2,1-2H3,(H,33,37)/t26-/m1/s1. The van der Waals surface area contributed by atoms with Gasteiger partial charge in [0.2, 0.25) is 21.8 Å². The molecular formula is C28H29BrCl3N3O4S. The lowest BCUT2D eigenvalue weighted by molar-refractivity contribution is -0.140.